The molecule has 0 atom stereocenters. The molecule has 0 saturated heterocycles. The topological polar surface area (TPSA) is 36.2 Å². The van der Waals surface area contributed by atoms with Crippen molar-refractivity contribution < 1.29 is 0 Å². The Morgan fingerprint density at radius 3 is 2.50 bits per heavy atom. The van der Waals surface area contributed by atoms with Crippen molar-refractivity contribution in [2.24, 2.45) is 4.99 Å². The van der Waals surface area contributed by atoms with Crippen LogP contribution >= 0.6 is 11.6 Å². The quantitative estimate of drug-likeness (QED) is 0.319. The van der Waals surface area contributed by atoms with Gasteiger partial charge in [0.15, 0.2) is 0 Å². The lowest BCUT2D eigenvalue weighted by molar-refractivity contribution is 1.49. The van der Waals surface area contributed by atoms with Gasteiger partial charge in [-0.1, -0.05) is 6.58 Å². The zero-order valence-corrected chi connectivity index (χ0v) is 5.37. The molecule has 3 heteroatoms. The van der Waals surface area contributed by atoms with Crippen molar-refractivity contribution >= 4 is 22.6 Å². The summed E-state index contributed by atoms with van der Waals surface area (Å²) in [5, 5.41) is 6.45. The molecule has 0 aliphatic heterocycles. The van der Waals surface area contributed by atoms with E-state index in [2.05, 4.69) is 11.6 Å². The van der Waals surface area contributed by atoms with Crippen molar-refractivity contribution in [3.8, 4) is 0 Å². The minimum absolute atomic E-state index is 0.206. The van der Waals surface area contributed by atoms with Gasteiger partial charge in [0.1, 0.15) is 0 Å². The van der Waals surface area contributed by atoms with Gasteiger partial charge in [-0.2, -0.15) is 0 Å². The molecule has 0 aromatic heterocycles. The molecule has 0 fully saturated rings. The van der Waals surface area contributed by atoms with Crippen LogP contribution in [0.25, 0.3) is 0 Å². The van der Waals surface area contributed by atoms with Gasteiger partial charge < -0.3 is 0 Å². The van der Waals surface area contributed by atoms with E-state index in [1.807, 2.05) is 0 Å². The highest BCUT2D eigenvalue weighted by atomic mass is 35.5. The van der Waals surface area contributed by atoms with Gasteiger partial charge in [0.2, 0.25) is 5.29 Å². The summed E-state index contributed by atoms with van der Waals surface area (Å²) in [5.74, 6) is 0. The summed E-state index contributed by atoms with van der Waals surface area (Å²) in [6.07, 6.45) is 1.54. The third-order valence-corrected chi connectivity index (χ3v) is 0.654. The van der Waals surface area contributed by atoms with Gasteiger partial charge in [0.25, 0.3) is 0 Å². The molecule has 0 heterocycles. The van der Waals surface area contributed by atoms with Crippen LogP contribution < -0.4 is 0 Å². The van der Waals surface area contributed by atoms with Gasteiger partial charge in [0.05, 0.1) is 0 Å². The Morgan fingerprint density at radius 1 is 1.88 bits per heavy atom. The normalized spacial score (nSPS) is 11.0. The minimum atomic E-state index is -0.206. The highest BCUT2D eigenvalue weighted by Crippen LogP contribution is 1.84. The molecule has 0 rings (SSSR count). The SMILES string of the molecule is C=CC(C)=NC(=N)Cl. The standard InChI is InChI=1S/C5H7ClN2/c1-3-4(2)8-5(6)7/h3,7H,1H2,2H3. The first-order valence-electron chi connectivity index (χ1n) is 2.08. The van der Waals surface area contributed by atoms with Crippen LogP contribution in [0.3, 0.4) is 0 Å². The van der Waals surface area contributed by atoms with E-state index in [0.29, 0.717) is 5.71 Å². The summed E-state index contributed by atoms with van der Waals surface area (Å²) in [5.41, 5.74) is 0.657. The molecular weight excluding hydrogens is 124 g/mol. The van der Waals surface area contributed by atoms with Crippen LogP contribution in [0.5, 0.6) is 0 Å². The number of aliphatic imine (C=N–C) groups is 1. The summed E-state index contributed by atoms with van der Waals surface area (Å²) in [6.45, 7) is 5.15. The average Bonchev–Trinajstić information content (AvgIpc) is 1.65. The lowest BCUT2D eigenvalue weighted by Crippen LogP contribution is -1.86. The molecule has 0 amide bonds. The third kappa shape index (κ3) is 3.56. The molecule has 0 radical (unpaired) electrons. The first-order chi connectivity index (χ1) is 3.66. The summed E-state index contributed by atoms with van der Waals surface area (Å²) in [7, 11) is 0. The van der Waals surface area contributed by atoms with Gasteiger partial charge in [-0.25, -0.2) is 4.99 Å². The second-order valence-corrected chi connectivity index (χ2v) is 1.61. The monoisotopic (exact) mass is 130 g/mol. The summed E-state index contributed by atoms with van der Waals surface area (Å²) >= 11 is 5.10. The first kappa shape index (κ1) is 7.37. The fourth-order valence-corrected chi connectivity index (χ4v) is 0.334. The lowest BCUT2D eigenvalue weighted by atomic mass is 10.4. The molecule has 2 nitrogen and oxygen atoms in total. The van der Waals surface area contributed by atoms with E-state index in [1.165, 1.54) is 6.08 Å². The Bertz CT molecular complexity index is 137. The molecule has 0 aliphatic carbocycles. The van der Waals surface area contributed by atoms with E-state index in [0.717, 1.165) is 0 Å². The van der Waals surface area contributed by atoms with Crippen molar-refractivity contribution in [2.75, 3.05) is 0 Å². The van der Waals surface area contributed by atoms with Gasteiger partial charge in [0, 0.05) is 5.71 Å². The van der Waals surface area contributed by atoms with Crippen molar-refractivity contribution in [3.05, 3.63) is 12.7 Å². The maximum Gasteiger partial charge on any atom is 0.215 e. The van der Waals surface area contributed by atoms with Gasteiger partial charge in [-0.15, -0.1) is 0 Å². The number of rotatable bonds is 1. The molecule has 0 spiro atoms. The maximum atomic E-state index is 6.66. The Hall–Kier alpha value is -0.630. The molecule has 1 N–H and O–H groups in total. The Kier molecular flexibility index (Phi) is 3.12. The lowest BCUT2D eigenvalue weighted by Gasteiger charge is -1.83. The average molecular weight is 131 g/mol. The Balaban J connectivity index is 3.94. The van der Waals surface area contributed by atoms with Crippen LogP contribution in [0.4, 0.5) is 0 Å². The molecule has 0 aromatic rings. The van der Waals surface area contributed by atoms with Crippen molar-refractivity contribution in [1.82, 2.24) is 0 Å². The molecule has 0 aliphatic rings. The van der Waals surface area contributed by atoms with Gasteiger partial charge in [-0.05, 0) is 24.6 Å². The third-order valence-electron chi connectivity index (χ3n) is 0.570. The molecule has 8 heavy (non-hydrogen) atoms. The van der Waals surface area contributed by atoms with Crippen LogP contribution in [-0.2, 0) is 0 Å². The second kappa shape index (κ2) is 3.38. The summed E-state index contributed by atoms with van der Waals surface area (Å²) < 4.78 is 0. The zero-order chi connectivity index (χ0) is 6.57. The van der Waals surface area contributed by atoms with Crippen LogP contribution in [0.15, 0.2) is 17.6 Å². The molecule has 0 saturated carbocycles. The number of amidine groups is 1. The predicted molar refractivity (Wildman–Crippen MR) is 36.9 cm³/mol. The Morgan fingerprint density at radius 2 is 2.38 bits per heavy atom. The van der Waals surface area contributed by atoms with E-state index in [4.69, 9.17) is 17.0 Å². The number of allylic oxidation sites excluding steroid dienone is 1. The van der Waals surface area contributed by atoms with Gasteiger partial charge in [-0.3, -0.25) is 5.41 Å². The van der Waals surface area contributed by atoms with Crippen LogP contribution in [0, 0.1) is 5.41 Å². The smallest absolute Gasteiger partial charge is 0.215 e. The van der Waals surface area contributed by atoms with Crippen molar-refractivity contribution in [2.45, 2.75) is 6.92 Å². The van der Waals surface area contributed by atoms with Crippen molar-refractivity contribution in [1.29, 1.82) is 5.41 Å². The van der Waals surface area contributed by atoms with E-state index in [1.54, 1.807) is 6.92 Å². The van der Waals surface area contributed by atoms with Crippen LogP contribution in [0.1, 0.15) is 6.92 Å². The van der Waals surface area contributed by atoms with Gasteiger partial charge >= 0.3 is 0 Å². The fourth-order valence-electron chi connectivity index (χ4n) is 0.200. The van der Waals surface area contributed by atoms with E-state index in [-0.39, 0.29) is 5.29 Å². The first-order valence-corrected chi connectivity index (χ1v) is 2.46. The Labute approximate surface area is 53.4 Å². The predicted octanol–water partition coefficient (Wildman–Crippen LogP) is 1.81. The maximum absolute atomic E-state index is 6.66. The van der Waals surface area contributed by atoms with Crippen LogP contribution in [0.2, 0.25) is 0 Å². The largest absolute Gasteiger partial charge is 0.272 e. The zero-order valence-electron chi connectivity index (χ0n) is 4.61. The number of hydrogen-bond donors (Lipinski definition) is 1. The number of nitrogens with zero attached hydrogens (tertiary/aromatic N) is 1. The van der Waals surface area contributed by atoms with E-state index < -0.39 is 0 Å². The molecule has 0 bridgehead atoms. The fraction of sp³-hybridized carbons (Fsp3) is 0.200. The minimum Gasteiger partial charge on any atom is -0.272 e. The highest BCUT2D eigenvalue weighted by molar-refractivity contribution is 6.64. The molecule has 0 unspecified atom stereocenters. The van der Waals surface area contributed by atoms with E-state index >= 15 is 0 Å². The number of hydrogen-bond acceptors (Lipinski definition) is 1. The van der Waals surface area contributed by atoms with E-state index in [9.17, 15) is 0 Å². The number of halogens is 1. The summed E-state index contributed by atoms with van der Waals surface area (Å²) in [4.78, 5) is 3.54. The number of nitrogens with one attached hydrogen (secondary N) is 1. The molecular formula is C5H7ClN2. The molecule has 0 aromatic carbocycles. The summed E-state index contributed by atoms with van der Waals surface area (Å²) in [6, 6.07) is 0. The molecule has 44 valence electrons. The van der Waals surface area contributed by atoms with Crippen LogP contribution in [-0.4, -0.2) is 11.0 Å². The van der Waals surface area contributed by atoms with Crippen molar-refractivity contribution in [3.63, 3.8) is 0 Å². The second-order valence-electron chi connectivity index (χ2n) is 1.25. The highest BCUT2D eigenvalue weighted by Gasteiger charge is 1.82.